The first-order valence-corrected chi connectivity index (χ1v) is 15.9. The Kier molecular flexibility index (Phi) is 6.43. The SMILES string of the molecule is c1ccc(N(c2ccccc2)c2cc3ccc4cc(N(c5ccccc5)c5ccccn5)cc5c4c3c(c2)n5-c2ccccc2)cc1. The van der Waals surface area contributed by atoms with Crippen molar-refractivity contribution in [1.29, 1.82) is 0 Å². The van der Waals surface area contributed by atoms with Gasteiger partial charge in [0.25, 0.3) is 0 Å². The summed E-state index contributed by atoms with van der Waals surface area (Å²) in [4.78, 5) is 9.37. The van der Waals surface area contributed by atoms with Crippen molar-refractivity contribution >= 4 is 66.8 Å². The van der Waals surface area contributed by atoms with Gasteiger partial charge in [-0.05, 0) is 95.7 Å². The van der Waals surface area contributed by atoms with Gasteiger partial charge in [0.05, 0.1) is 16.7 Å². The molecule has 4 heteroatoms. The Morgan fingerprint density at radius 2 is 0.830 bits per heavy atom. The lowest BCUT2D eigenvalue weighted by molar-refractivity contribution is 1.16. The number of rotatable bonds is 7. The van der Waals surface area contributed by atoms with Crippen molar-refractivity contribution < 1.29 is 0 Å². The molecule has 2 aromatic heterocycles. The van der Waals surface area contributed by atoms with Crippen LogP contribution in [0.2, 0.25) is 0 Å². The molecule has 7 aromatic carbocycles. The van der Waals surface area contributed by atoms with Crippen LogP contribution in [0, 0.1) is 0 Å². The van der Waals surface area contributed by atoms with Crippen LogP contribution in [0.5, 0.6) is 0 Å². The summed E-state index contributed by atoms with van der Waals surface area (Å²) < 4.78 is 2.42. The Bertz CT molecular complexity index is 2210. The lowest BCUT2D eigenvalue weighted by atomic mass is 10.00. The van der Waals surface area contributed by atoms with Gasteiger partial charge in [-0.15, -0.1) is 0 Å². The molecule has 0 unspecified atom stereocenters. The summed E-state index contributed by atoms with van der Waals surface area (Å²) in [5, 5.41) is 4.93. The molecule has 222 valence electrons. The molecular weight excluding hydrogens is 573 g/mol. The predicted octanol–water partition coefficient (Wildman–Crippen LogP) is 11.7. The predicted molar refractivity (Wildman–Crippen MR) is 197 cm³/mol. The molecule has 0 aliphatic heterocycles. The van der Waals surface area contributed by atoms with Gasteiger partial charge >= 0.3 is 0 Å². The number of para-hydroxylation sites is 4. The standard InChI is InChI=1S/C43H30N4/c1-5-15-33(16-6-1)45(34-17-7-2-8-18-34)37-27-31-24-25-32-28-38(46(35-19-9-3-10-20-35)41-23-13-14-26-44-41)30-40-43(32)42(31)39(29-37)47(40)36-21-11-4-12-22-36/h1-30H. The molecule has 0 saturated carbocycles. The molecule has 0 bridgehead atoms. The molecule has 4 nitrogen and oxygen atoms in total. The number of hydrogen-bond donors (Lipinski definition) is 0. The minimum Gasteiger partial charge on any atom is -0.310 e. The number of aromatic nitrogens is 2. The van der Waals surface area contributed by atoms with Crippen molar-refractivity contribution in [3.8, 4) is 5.69 Å². The summed E-state index contributed by atoms with van der Waals surface area (Å²) in [6.07, 6.45) is 1.85. The molecule has 0 atom stereocenters. The Labute approximate surface area is 273 Å². The maximum atomic E-state index is 4.79. The monoisotopic (exact) mass is 602 g/mol. The summed E-state index contributed by atoms with van der Waals surface area (Å²) in [5.41, 5.74) is 8.90. The molecule has 0 N–H and O–H groups in total. The molecule has 2 heterocycles. The van der Waals surface area contributed by atoms with E-state index in [4.69, 9.17) is 4.98 Å². The minimum absolute atomic E-state index is 0.872. The molecular formula is C43H30N4. The summed E-state index contributed by atoms with van der Waals surface area (Å²) in [7, 11) is 0. The lowest BCUT2D eigenvalue weighted by Crippen LogP contribution is -2.11. The van der Waals surface area contributed by atoms with Crippen LogP contribution in [-0.2, 0) is 0 Å². The van der Waals surface area contributed by atoms with E-state index in [0.29, 0.717) is 0 Å². The third kappa shape index (κ3) is 4.58. The van der Waals surface area contributed by atoms with Gasteiger partial charge in [-0.2, -0.15) is 0 Å². The molecule has 0 aliphatic rings. The van der Waals surface area contributed by atoms with Crippen LogP contribution < -0.4 is 9.80 Å². The molecule has 9 aromatic rings. The van der Waals surface area contributed by atoms with Crippen molar-refractivity contribution in [2.24, 2.45) is 0 Å². The van der Waals surface area contributed by atoms with Crippen LogP contribution in [0.25, 0.3) is 38.3 Å². The minimum atomic E-state index is 0.872. The van der Waals surface area contributed by atoms with E-state index in [0.717, 1.165) is 45.5 Å². The van der Waals surface area contributed by atoms with Crippen molar-refractivity contribution in [3.63, 3.8) is 0 Å². The molecule has 0 aliphatic carbocycles. The third-order valence-corrected chi connectivity index (χ3v) is 8.89. The first-order valence-electron chi connectivity index (χ1n) is 15.9. The van der Waals surface area contributed by atoms with Crippen LogP contribution in [0.4, 0.5) is 34.3 Å². The lowest BCUT2D eigenvalue weighted by Gasteiger charge is -2.26. The second-order valence-corrected chi connectivity index (χ2v) is 11.7. The highest BCUT2D eigenvalue weighted by Gasteiger charge is 2.23. The topological polar surface area (TPSA) is 24.3 Å². The van der Waals surface area contributed by atoms with Crippen LogP contribution in [-0.4, -0.2) is 9.55 Å². The zero-order chi connectivity index (χ0) is 31.2. The zero-order valence-electron chi connectivity index (χ0n) is 25.6. The maximum Gasteiger partial charge on any atom is 0.137 e. The Hall–Kier alpha value is -6.39. The van der Waals surface area contributed by atoms with Gasteiger partial charge in [0, 0.05) is 45.4 Å². The van der Waals surface area contributed by atoms with Gasteiger partial charge in [0.1, 0.15) is 5.82 Å². The van der Waals surface area contributed by atoms with Crippen molar-refractivity contribution in [3.05, 3.63) is 182 Å². The number of nitrogens with zero attached hydrogens (tertiary/aromatic N) is 4. The fourth-order valence-electron chi connectivity index (χ4n) is 6.93. The van der Waals surface area contributed by atoms with E-state index < -0.39 is 0 Å². The van der Waals surface area contributed by atoms with Gasteiger partial charge in [0.15, 0.2) is 0 Å². The Morgan fingerprint density at radius 1 is 0.383 bits per heavy atom. The molecule has 0 amide bonds. The largest absolute Gasteiger partial charge is 0.310 e. The molecule has 9 rings (SSSR count). The summed E-state index contributed by atoms with van der Waals surface area (Å²) in [6.45, 7) is 0. The third-order valence-electron chi connectivity index (χ3n) is 8.89. The van der Waals surface area contributed by atoms with Gasteiger partial charge < -0.3 is 9.47 Å². The number of hydrogen-bond acceptors (Lipinski definition) is 3. The Balaban J connectivity index is 1.36. The van der Waals surface area contributed by atoms with E-state index in [9.17, 15) is 0 Å². The molecule has 47 heavy (non-hydrogen) atoms. The maximum absolute atomic E-state index is 4.79. The van der Waals surface area contributed by atoms with Crippen LogP contribution >= 0.6 is 0 Å². The first-order chi connectivity index (χ1) is 23.3. The fraction of sp³-hybridized carbons (Fsp3) is 0. The average Bonchev–Trinajstić information content (AvgIpc) is 3.47. The molecule has 0 radical (unpaired) electrons. The van der Waals surface area contributed by atoms with Gasteiger partial charge in [0.2, 0.25) is 0 Å². The quantitative estimate of drug-likeness (QED) is 0.170. The summed E-state index contributed by atoms with van der Waals surface area (Å²) in [6, 6.07) is 62.3. The van der Waals surface area contributed by atoms with Crippen LogP contribution in [0.15, 0.2) is 182 Å². The van der Waals surface area contributed by atoms with E-state index in [1.807, 2.05) is 18.3 Å². The van der Waals surface area contributed by atoms with E-state index in [1.54, 1.807) is 0 Å². The fourth-order valence-corrected chi connectivity index (χ4v) is 6.93. The molecule has 0 fully saturated rings. The van der Waals surface area contributed by atoms with Gasteiger partial charge in [-0.3, -0.25) is 4.90 Å². The van der Waals surface area contributed by atoms with E-state index in [-0.39, 0.29) is 0 Å². The first kappa shape index (κ1) is 27.0. The van der Waals surface area contributed by atoms with Gasteiger partial charge in [-0.25, -0.2) is 4.98 Å². The Morgan fingerprint density at radius 3 is 1.32 bits per heavy atom. The molecule has 0 saturated heterocycles. The smallest absolute Gasteiger partial charge is 0.137 e. The van der Waals surface area contributed by atoms with Crippen LogP contribution in [0.3, 0.4) is 0 Å². The number of pyridine rings is 1. The highest BCUT2D eigenvalue weighted by atomic mass is 15.2. The second-order valence-electron chi connectivity index (χ2n) is 11.7. The van der Waals surface area contributed by atoms with Crippen molar-refractivity contribution in [2.75, 3.05) is 9.80 Å². The zero-order valence-corrected chi connectivity index (χ0v) is 25.6. The highest BCUT2D eigenvalue weighted by Crippen LogP contribution is 2.46. The van der Waals surface area contributed by atoms with Crippen LogP contribution in [0.1, 0.15) is 0 Å². The normalized spacial score (nSPS) is 11.4. The number of benzene rings is 7. The van der Waals surface area contributed by atoms with Crippen molar-refractivity contribution in [1.82, 2.24) is 9.55 Å². The average molecular weight is 603 g/mol. The summed E-state index contributed by atoms with van der Waals surface area (Å²) in [5.74, 6) is 0.872. The summed E-state index contributed by atoms with van der Waals surface area (Å²) >= 11 is 0. The second kappa shape index (κ2) is 11.2. The van der Waals surface area contributed by atoms with E-state index >= 15 is 0 Å². The van der Waals surface area contributed by atoms with E-state index in [1.165, 1.54) is 27.1 Å². The van der Waals surface area contributed by atoms with E-state index in [2.05, 4.69) is 178 Å². The number of anilines is 6. The highest BCUT2D eigenvalue weighted by molar-refractivity contribution is 6.26. The van der Waals surface area contributed by atoms with Gasteiger partial charge in [-0.1, -0.05) is 91.0 Å². The molecule has 0 spiro atoms. The van der Waals surface area contributed by atoms with Crippen molar-refractivity contribution in [2.45, 2.75) is 0 Å².